The number of carbonyl (C=O) groups is 1. The maximum absolute atomic E-state index is 13.3. The second-order valence-corrected chi connectivity index (χ2v) is 6.77. The summed E-state index contributed by atoms with van der Waals surface area (Å²) in [5.41, 5.74) is 1.55. The normalized spacial score (nSPS) is 13.8. The minimum atomic E-state index is -4.71. The van der Waals surface area contributed by atoms with Crippen molar-refractivity contribution in [3.8, 4) is 5.75 Å². The van der Waals surface area contributed by atoms with Gasteiger partial charge in [-0.15, -0.1) is 0 Å². The first-order valence-electron chi connectivity index (χ1n) is 8.53. The molecule has 152 valence electrons. The average Bonchev–Trinajstić information content (AvgIpc) is 3.05. The number of halogens is 4. The highest BCUT2D eigenvalue weighted by Crippen LogP contribution is 2.33. The standard InChI is InChI=1S/C19H14ClF3N2O4/c20-13-5-11-8-27-10-29-17(11)12(6-13)9-28-16(26)7-25-15-4-2-1-3-14(15)24-18(25)19(21,22)23/h1-6H,7-10H2. The Hall–Kier alpha value is -2.78. The second-order valence-electron chi connectivity index (χ2n) is 6.33. The third-order valence-electron chi connectivity index (χ3n) is 4.34. The van der Waals surface area contributed by atoms with Crippen LogP contribution in [-0.4, -0.2) is 22.3 Å². The minimum absolute atomic E-state index is 0.0472. The van der Waals surface area contributed by atoms with Crippen molar-refractivity contribution < 1.29 is 32.2 Å². The zero-order chi connectivity index (χ0) is 20.6. The molecule has 0 amide bonds. The van der Waals surface area contributed by atoms with Gasteiger partial charge < -0.3 is 18.8 Å². The Morgan fingerprint density at radius 2 is 2.07 bits per heavy atom. The van der Waals surface area contributed by atoms with E-state index in [1.165, 1.54) is 12.1 Å². The van der Waals surface area contributed by atoms with E-state index in [4.69, 9.17) is 25.8 Å². The number of esters is 1. The lowest BCUT2D eigenvalue weighted by molar-refractivity contribution is -0.151. The molecule has 1 aliphatic rings. The Bertz CT molecular complexity index is 1080. The van der Waals surface area contributed by atoms with Crippen LogP contribution in [0, 0.1) is 0 Å². The summed E-state index contributed by atoms with van der Waals surface area (Å²) in [5, 5.41) is 0.406. The van der Waals surface area contributed by atoms with E-state index in [0.29, 0.717) is 28.5 Å². The molecule has 2 aromatic carbocycles. The van der Waals surface area contributed by atoms with Gasteiger partial charge in [-0.3, -0.25) is 4.79 Å². The van der Waals surface area contributed by atoms with Crippen molar-refractivity contribution >= 4 is 28.6 Å². The predicted octanol–water partition coefficient (Wildman–Crippen LogP) is 4.32. The molecule has 3 aromatic rings. The number of hydrogen-bond acceptors (Lipinski definition) is 5. The molecule has 0 saturated heterocycles. The van der Waals surface area contributed by atoms with Gasteiger partial charge in [0.15, 0.2) is 6.79 Å². The smallest absolute Gasteiger partial charge is 0.449 e. The Kier molecular flexibility index (Phi) is 5.10. The van der Waals surface area contributed by atoms with E-state index in [1.54, 1.807) is 24.3 Å². The van der Waals surface area contributed by atoms with Gasteiger partial charge >= 0.3 is 12.1 Å². The number of nitrogens with zero attached hydrogens (tertiary/aromatic N) is 2. The molecule has 1 aromatic heterocycles. The SMILES string of the molecule is O=C(Cn1c(C(F)(F)F)nc2ccccc21)OCc1cc(Cl)cc2c1OCOC2. The topological polar surface area (TPSA) is 62.6 Å². The summed E-state index contributed by atoms with van der Waals surface area (Å²) in [6.45, 7) is -0.490. The molecule has 0 unspecified atom stereocenters. The monoisotopic (exact) mass is 426 g/mol. The van der Waals surface area contributed by atoms with Crippen LogP contribution in [0.25, 0.3) is 11.0 Å². The van der Waals surface area contributed by atoms with Gasteiger partial charge in [-0.05, 0) is 24.3 Å². The molecule has 0 bridgehead atoms. The molecule has 0 saturated carbocycles. The molecule has 0 aliphatic carbocycles. The Labute approximate surface area is 167 Å². The Morgan fingerprint density at radius 3 is 2.86 bits per heavy atom. The maximum atomic E-state index is 13.3. The summed E-state index contributed by atoms with van der Waals surface area (Å²) in [6.07, 6.45) is -4.71. The van der Waals surface area contributed by atoms with Crippen LogP contribution < -0.4 is 4.74 Å². The molecule has 0 radical (unpaired) electrons. The van der Waals surface area contributed by atoms with Crippen LogP contribution in [0.3, 0.4) is 0 Å². The third-order valence-corrected chi connectivity index (χ3v) is 4.55. The van der Waals surface area contributed by atoms with Gasteiger partial charge in [-0.1, -0.05) is 23.7 Å². The molecular formula is C19H14ClF3N2O4. The van der Waals surface area contributed by atoms with Crippen molar-refractivity contribution in [2.75, 3.05) is 6.79 Å². The van der Waals surface area contributed by atoms with Gasteiger partial charge in [0, 0.05) is 16.1 Å². The minimum Gasteiger partial charge on any atom is -0.467 e. The number of rotatable bonds is 4. The average molecular weight is 427 g/mol. The second kappa shape index (κ2) is 7.57. The fourth-order valence-electron chi connectivity index (χ4n) is 3.15. The summed E-state index contributed by atoms with van der Waals surface area (Å²) in [5.74, 6) is -1.51. The number of imidazole rings is 1. The van der Waals surface area contributed by atoms with Crippen LogP contribution >= 0.6 is 11.6 Å². The maximum Gasteiger partial charge on any atom is 0.449 e. The number of fused-ring (bicyclic) bond motifs is 2. The first kappa shape index (κ1) is 19.5. The molecular weight excluding hydrogens is 413 g/mol. The van der Waals surface area contributed by atoms with E-state index in [2.05, 4.69) is 4.98 Å². The van der Waals surface area contributed by atoms with Crippen molar-refractivity contribution in [3.63, 3.8) is 0 Å². The quantitative estimate of drug-likeness (QED) is 0.581. The van der Waals surface area contributed by atoms with Gasteiger partial charge in [0.05, 0.1) is 17.6 Å². The van der Waals surface area contributed by atoms with Crippen LogP contribution in [0.1, 0.15) is 17.0 Å². The zero-order valence-corrected chi connectivity index (χ0v) is 15.6. The van der Waals surface area contributed by atoms with E-state index < -0.39 is 24.5 Å². The summed E-state index contributed by atoms with van der Waals surface area (Å²) in [7, 11) is 0. The highest BCUT2D eigenvalue weighted by atomic mass is 35.5. The summed E-state index contributed by atoms with van der Waals surface area (Å²) < 4.78 is 56.6. The van der Waals surface area contributed by atoms with Crippen LogP contribution in [0.4, 0.5) is 13.2 Å². The molecule has 0 atom stereocenters. The number of para-hydroxylation sites is 2. The van der Waals surface area contributed by atoms with E-state index in [-0.39, 0.29) is 24.4 Å². The van der Waals surface area contributed by atoms with Gasteiger partial charge in [0.2, 0.25) is 5.82 Å². The molecule has 2 heterocycles. The molecule has 1 aliphatic heterocycles. The van der Waals surface area contributed by atoms with Crippen molar-refractivity contribution in [1.82, 2.24) is 9.55 Å². The van der Waals surface area contributed by atoms with E-state index in [1.807, 2.05) is 0 Å². The highest BCUT2D eigenvalue weighted by Gasteiger charge is 2.38. The Balaban J connectivity index is 1.55. The fraction of sp³-hybridized carbons (Fsp3) is 0.263. The first-order chi connectivity index (χ1) is 13.8. The van der Waals surface area contributed by atoms with Crippen molar-refractivity contribution in [2.24, 2.45) is 0 Å². The van der Waals surface area contributed by atoms with Gasteiger partial charge in [0.1, 0.15) is 18.9 Å². The molecule has 10 heteroatoms. The first-order valence-corrected chi connectivity index (χ1v) is 8.90. The van der Waals surface area contributed by atoms with Crippen molar-refractivity contribution in [1.29, 1.82) is 0 Å². The molecule has 4 rings (SSSR count). The van der Waals surface area contributed by atoms with Gasteiger partial charge in [0.25, 0.3) is 0 Å². The summed E-state index contributed by atoms with van der Waals surface area (Å²) in [4.78, 5) is 15.9. The lowest BCUT2D eigenvalue weighted by atomic mass is 10.1. The molecule has 29 heavy (non-hydrogen) atoms. The number of hydrogen-bond donors (Lipinski definition) is 0. The Morgan fingerprint density at radius 1 is 1.28 bits per heavy atom. The third kappa shape index (κ3) is 4.01. The summed E-state index contributed by atoms with van der Waals surface area (Å²) in [6, 6.07) is 9.31. The molecule has 6 nitrogen and oxygen atoms in total. The van der Waals surface area contributed by atoms with E-state index >= 15 is 0 Å². The number of ether oxygens (including phenoxy) is 3. The molecule has 0 fully saturated rings. The van der Waals surface area contributed by atoms with Crippen LogP contribution in [0.5, 0.6) is 5.75 Å². The largest absolute Gasteiger partial charge is 0.467 e. The van der Waals surface area contributed by atoms with Crippen molar-refractivity contribution in [3.05, 3.63) is 58.4 Å². The van der Waals surface area contributed by atoms with Gasteiger partial charge in [-0.25, -0.2) is 4.98 Å². The van der Waals surface area contributed by atoms with Gasteiger partial charge in [-0.2, -0.15) is 13.2 Å². The van der Waals surface area contributed by atoms with Crippen LogP contribution in [-0.2, 0) is 40.2 Å². The highest BCUT2D eigenvalue weighted by molar-refractivity contribution is 6.30. The summed E-state index contributed by atoms with van der Waals surface area (Å²) >= 11 is 6.06. The predicted molar refractivity (Wildman–Crippen MR) is 96.3 cm³/mol. The lowest BCUT2D eigenvalue weighted by Gasteiger charge is -2.21. The van der Waals surface area contributed by atoms with Crippen LogP contribution in [0.2, 0.25) is 5.02 Å². The number of aromatic nitrogens is 2. The van der Waals surface area contributed by atoms with Crippen molar-refractivity contribution in [2.45, 2.75) is 25.9 Å². The zero-order valence-electron chi connectivity index (χ0n) is 14.8. The number of carbonyl (C=O) groups excluding carboxylic acids is 1. The molecule has 0 spiro atoms. The number of alkyl halides is 3. The van der Waals surface area contributed by atoms with E-state index in [0.717, 1.165) is 4.57 Å². The fourth-order valence-corrected chi connectivity index (χ4v) is 3.41. The number of benzene rings is 2. The van der Waals surface area contributed by atoms with E-state index in [9.17, 15) is 18.0 Å². The lowest BCUT2D eigenvalue weighted by Crippen LogP contribution is -2.21. The van der Waals surface area contributed by atoms with Crippen LogP contribution in [0.15, 0.2) is 36.4 Å². The molecule has 0 N–H and O–H groups in total.